The van der Waals surface area contributed by atoms with Crippen molar-refractivity contribution in [2.75, 3.05) is 5.32 Å². The van der Waals surface area contributed by atoms with Crippen molar-refractivity contribution < 1.29 is 9.84 Å². The van der Waals surface area contributed by atoms with E-state index in [0.29, 0.717) is 23.9 Å². The molecule has 3 rings (SSSR count). The number of hydrogen-bond acceptors (Lipinski definition) is 3. The minimum absolute atomic E-state index is 0.253. The van der Waals surface area contributed by atoms with Crippen molar-refractivity contribution >= 4 is 17.3 Å². The minimum Gasteiger partial charge on any atom is -0.508 e. The Kier molecular flexibility index (Phi) is 5.24. The van der Waals surface area contributed by atoms with Crippen LogP contribution in [0.4, 0.5) is 5.69 Å². The van der Waals surface area contributed by atoms with Crippen molar-refractivity contribution in [2.24, 2.45) is 0 Å². The molecular formula is C20H18ClNO2. The molecule has 0 amide bonds. The SMILES string of the molecule is Oc1ccc(NCc2ccc(OCc3ccccc3)c(Cl)c2)cc1. The van der Waals surface area contributed by atoms with Gasteiger partial charge in [0, 0.05) is 12.2 Å². The number of phenolic OH excluding ortho intramolecular Hbond substituents is 1. The van der Waals surface area contributed by atoms with Crippen LogP contribution < -0.4 is 10.1 Å². The van der Waals surface area contributed by atoms with Gasteiger partial charge in [0.2, 0.25) is 0 Å². The van der Waals surface area contributed by atoms with Crippen LogP contribution in [0.2, 0.25) is 5.02 Å². The van der Waals surface area contributed by atoms with Crippen molar-refractivity contribution in [3.8, 4) is 11.5 Å². The molecule has 3 nitrogen and oxygen atoms in total. The number of hydrogen-bond donors (Lipinski definition) is 2. The highest BCUT2D eigenvalue weighted by molar-refractivity contribution is 6.32. The molecule has 0 aromatic heterocycles. The normalized spacial score (nSPS) is 10.4. The summed E-state index contributed by atoms with van der Waals surface area (Å²) in [6, 6.07) is 22.7. The molecule has 0 radical (unpaired) electrons. The second-order valence-corrected chi connectivity index (χ2v) is 5.85. The molecule has 0 fully saturated rings. The van der Waals surface area contributed by atoms with Gasteiger partial charge in [-0.3, -0.25) is 0 Å². The maximum atomic E-state index is 9.28. The molecule has 3 aromatic carbocycles. The van der Waals surface area contributed by atoms with E-state index in [-0.39, 0.29) is 5.75 Å². The Labute approximate surface area is 146 Å². The van der Waals surface area contributed by atoms with Gasteiger partial charge in [-0.1, -0.05) is 48.0 Å². The van der Waals surface area contributed by atoms with E-state index in [1.165, 1.54) is 0 Å². The Hall–Kier alpha value is -2.65. The fraction of sp³-hybridized carbons (Fsp3) is 0.100. The van der Waals surface area contributed by atoms with Crippen LogP contribution >= 0.6 is 11.6 Å². The second-order valence-electron chi connectivity index (χ2n) is 5.44. The zero-order valence-electron chi connectivity index (χ0n) is 13.1. The maximum absolute atomic E-state index is 9.28. The van der Waals surface area contributed by atoms with E-state index in [2.05, 4.69) is 5.32 Å². The summed E-state index contributed by atoms with van der Waals surface area (Å²) < 4.78 is 5.77. The van der Waals surface area contributed by atoms with Crippen molar-refractivity contribution in [3.05, 3.63) is 88.9 Å². The number of rotatable bonds is 6. The lowest BCUT2D eigenvalue weighted by molar-refractivity contribution is 0.306. The van der Waals surface area contributed by atoms with Crippen molar-refractivity contribution in [1.29, 1.82) is 0 Å². The summed E-state index contributed by atoms with van der Waals surface area (Å²) in [5, 5.41) is 13.2. The topological polar surface area (TPSA) is 41.5 Å². The lowest BCUT2D eigenvalue weighted by Crippen LogP contribution is -2.00. The number of nitrogens with one attached hydrogen (secondary N) is 1. The molecule has 0 aliphatic carbocycles. The first kappa shape index (κ1) is 16.2. The molecule has 0 spiro atoms. The Balaban J connectivity index is 1.58. The monoisotopic (exact) mass is 339 g/mol. The van der Waals surface area contributed by atoms with Gasteiger partial charge in [0.05, 0.1) is 5.02 Å². The summed E-state index contributed by atoms with van der Waals surface area (Å²) in [5.74, 6) is 0.928. The Bertz CT molecular complexity index is 788. The van der Waals surface area contributed by atoms with Gasteiger partial charge in [0.1, 0.15) is 18.1 Å². The number of halogens is 1. The molecule has 2 N–H and O–H groups in total. The first-order chi connectivity index (χ1) is 11.7. The average molecular weight is 340 g/mol. The molecule has 4 heteroatoms. The molecule has 3 aromatic rings. The fourth-order valence-electron chi connectivity index (χ4n) is 2.29. The highest BCUT2D eigenvalue weighted by Crippen LogP contribution is 2.27. The lowest BCUT2D eigenvalue weighted by atomic mass is 10.2. The molecule has 0 bridgehead atoms. The summed E-state index contributed by atoms with van der Waals surface area (Å²) >= 11 is 6.31. The zero-order valence-corrected chi connectivity index (χ0v) is 13.8. The van der Waals surface area contributed by atoms with Crippen molar-refractivity contribution in [3.63, 3.8) is 0 Å². The predicted molar refractivity (Wildman–Crippen MR) is 97.7 cm³/mol. The third kappa shape index (κ3) is 4.43. The quantitative estimate of drug-likeness (QED) is 0.604. The third-order valence-corrected chi connectivity index (χ3v) is 3.89. The maximum Gasteiger partial charge on any atom is 0.138 e. The Morgan fingerprint density at radius 1 is 0.875 bits per heavy atom. The van der Waals surface area contributed by atoms with E-state index in [1.54, 1.807) is 12.1 Å². The van der Waals surface area contributed by atoms with Gasteiger partial charge in [0.15, 0.2) is 0 Å². The first-order valence-electron chi connectivity index (χ1n) is 7.69. The van der Waals surface area contributed by atoms with Gasteiger partial charge in [0.25, 0.3) is 0 Å². The number of ether oxygens (including phenoxy) is 1. The van der Waals surface area contributed by atoms with E-state index in [9.17, 15) is 5.11 Å². The number of benzene rings is 3. The van der Waals surface area contributed by atoms with E-state index in [4.69, 9.17) is 16.3 Å². The summed E-state index contributed by atoms with van der Waals surface area (Å²) in [6.07, 6.45) is 0. The highest BCUT2D eigenvalue weighted by Gasteiger charge is 2.04. The zero-order chi connectivity index (χ0) is 16.8. The lowest BCUT2D eigenvalue weighted by Gasteiger charge is -2.11. The summed E-state index contributed by atoms with van der Waals surface area (Å²) in [6.45, 7) is 1.13. The van der Waals surface area contributed by atoms with Crippen LogP contribution in [0.25, 0.3) is 0 Å². The van der Waals surface area contributed by atoms with Crippen LogP contribution in [0.15, 0.2) is 72.8 Å². The van der Waals surface area contributed by atoms with Crippen molar-refractivity contribution in [2.45, 2.75) is 13.2 Å². The third-order valence-electron chi connectivity index (χ3n) is 3.60. The van der Waals surface area contributed by atoms with Crippen LogP contribution in [0, 0.1) is 0 Å². The molecule has 0 heterocycles. The van der Waals surface area contributed by atoms with Gasteiger partial charge in [-0.2, -0.15) is 0 Å². The molecule has 0 atom stereocenters. The molecule has 0 aliphatic heterocycles. The van der Waals surface area contributed by atoms with Gasteiger partial charge >= 0.3 is 0 Å². The summed E-state index contributed by atoms with van der Waals surface area (Å²) in [4.78, 5) is 0. The molecule has 24 heavy (non-hydrogen) atoms. The molecule has 0 unspecified atom stereocenters. The average Bonchev–Trinajstić information content (AvgIpc) is 2.61. The summed E-state index contributed by atoms with van der Waals surface area (Å²) in [7, 11) is 0. The van der Waals surface area contributed by atoms with Gasteiger partial charge < -0.3 is 15.2 Å². The number of phenols is 1. The van der Waals surface area contributed by atoms with Crippen LogP contribution in [0.1, 0.15) is 11.1 Å². The van der Waals surface area contributed by atoms with E-state index < -0.39 is 0 Å². The van der Waals surface area contributed by atoms with Crippen LogP contribution in [0.3, 0.4) is 0 Å². The van der Waals surface area contributed by atoms with E-state index in [0.717, 1.165) is 16.8 Å². The smallest absolute Gasteiger partial charge is 0.138 e. The largest absolute Gasteiger partial charge is 0.508 e. The molecule has 0 aliphatic rings. The van der Waals surface area contributed by atoms with Gasteiger partial charge in [-0.25, -0.2) is 0 Å². The molecule has 0 saturated heterocycles. The van der Waals surface area contributed by atoms with Crippen LogP contribution in [0.5, 0.6) is 11.5 Å². The van der Waals surface area contributed by atoms with Crippen molar-refractivity contribution in [1.82, 2.24) is 0 Å². The van der Waals surface area contributed by atoms with Crippen LogP contribution in [-0.4, -0.2) is 5.11 Å². The standard InChI is InChI=1S/C20H18ClNO2/c21-19-12-16(13-22-17-7-9-18(23)10-8-17)6-11-20(19)24-14-15-4-2-1-3-5-15/h1-12,22-23H,13-14H2. The fourth-order valence-corrected chi connectivity index (χ4v) is 2.55. The molecular weight excluding hydrogens is 322 g/mol. The van der Waals surface area contributed by atoms with E-state index in [1.807, 2.05) is 60.7 Å². The van der Waals surface area contributed by atoms with Crippen LogP contribution in [-0.2, 0) is 13.2 Å². The number of aromatic hydroxyl groups is 1. The molecule has 122 valence electrons. The molecule has 0 saturated carbocycles. The Morgan fingerprint density at radius 2 is 1.62 bits per heavy atom. The van der Waals surface area contributed by atoms with Gasteiger partial charge in [-0.15, -0.1) is 0 Å². The second kappa shape index (κ2) is 7.75. The number of anilines is 1. The predicted octanol–water partition coefficient (Wildman–Crippen LogP) is 5.24. The van der Waals surface area contributed by atoms with E-state index >= 15 is 0 Å². The highest BCUT2D eigenvalue weighted by atomic mass is 35.5. The summed E-state index contributed by atoms with van der Waals surface area (Å²) in [5.41, 5.74) is 3.10. The first-order valence-corrected chi connectivity index (χ1v) is 8.06. The van der Waals surface area contributed by atoms with Gasteiger partial charge in [-0.05, 0) is 47.5 Å². The minimum atomic E-state index is 0.253. The Morgan fingerprint density at radius 3 is 2.33 bits per heavy atom.